The molecule has 0 aliphatic heterocycles. The molecule has 0 spiro atoms. The Kier molecular flexibility index (Phi) is 6.40. The highest BCUT2D eigenvalue weighted by molar-refractivity contribution is 8.76. The molecule has 0 aliphatic rings. The summed E-state index contributed by atoms with van der Waals surface area (Å²) in [6, 6.07) is 9.79. The maximum Gasteiger partial charge on any atom is 0.299 e. The lowest BCUT2D eigenvalue weighted by molar-refractivity contribution is -0.721. The van der Waals surface area contributed by atoms with Gasteiger partial charge >= 0.3 is 0 Å². The van der Waals surface area contributed by atoms with E-state index >= 15 is 0 Å². The molecule has 0 aliphatic carbocycles. The Morgan fingerprint density at radius 2 is 1.15 bits per heavy atom. The van der Waals surface area contributed by atoms with Gasteiger partial charge in [-0.15, -0.1) is 30.3 Å². The SMILES string of the molecule is O=[N+]([O-])Oc1ccc(SSc2ccc(O[N+](=O)[O-])c(O[N+](=O)[O-])c2)cc1. The van der Waals surface area contributed by atoms with Crippen LogP contribution in [0.3, 0.4) is 0 Å². The lowest BCUT2D eigenvalue weighted by Gasteiger charge is -2.08. The van der Waals surface area contributed by atoms with Crippen LogP contribution in [0.15, 0.2) is 52.3 Å². The standard InChI is InChI=1S/C12H7N3O9S2/c16-13(17)22-8-1-3-9(4-2-8)25-26-10-5-6-11(23-14(18)19)12(7-10)24-15(20)21/h1-7H. The highest BCUT2D eigenvalue weighted by Crippen LogP contribution is 2.41. The third kappa shape index (κ3) is 5.99. The van der Waals surface area contributed by atoms with Crippen molar-refractivity contribution in [2.24, 2.45) is 0 Å². The fourth-order valence-electron chi connectivity index (χ4n) is 1.59. The summed E-state index contributed by atoms with van der Waals surface area (Å²) < 4.78 is 0. The van der Waals surface area contributed by atoms with E-state index in [4.69, 9.17) is 0 Å². The van der Waals surface area contributed by atoms with Gasteiger partial charge in [-0.1, -0.05) is 21.6 Å². The first kappa shape index (κ1) is 19.1. The quantitative estimate of drug-likeness (QED) is 0.345. The van der Waals surface area contributed by atoms with Crippen molar-refractivity contribution >= 4 is 21.6 Å². The fourth-order valence-corrected chi connectivity index (χ4v) is 3.53. The third-order valence-electron chi connectivity index (χ3n) is 2.50. The van der Waals surface area contributed by atoms with Gasteiger partial charge in [0.2, 0.25) is 0 Å². The van der Waals surface area contributed by atoms with Crippen LogP contribution in [0.25, 0.3) is 0 Å². The van der Waals surface area contributed by atoms with Crippen LogP contribution < -0.4 is 14.5 Å². The van der Waals surface area contributed by atoms with Crippen molar-refractivity contribution in [3.05, 3.63) is 72.8 Å². The Hall–Kier alpha value is -3.26. The Morgan fingerprint density at radius 3 is 1.73 bits per heavy atom. The van der Waals surface area contributed by atoms with E-state index in [-0.39, 0.29) is 5.75 Å². The Balaban J connectivity index is 2.07. The van der Waals surface area contributed by atoms with Crippen molar-refractivity contribution in [1.82, 2.24) is 0 Å². The molecule has 0 amide bonds. The predicted molar refractivity (Wildman–Crippen MR) is 87.5 cm³/mol. The van der Waals surface area contributed by atoms with E-state index in [1.54, 1.807) is 12.1 Å². The van der Waals surface area contributed by atoms with Gasteiger partial charge in [0, 0.05) is 9.79 Å². The van der Waals surface area contributed by atoms with Crippen LogP contribution in [-0.2, 0) is 0 Å². The maximum atomic E-state index is 10.5. The average Bonchev–Trinajstić information content (AvgIpc) is 2.55. The second kappa shape index (κ2) is 8.72. The molecule has 0 atom stereocenters. The number of nitrogens with zero attached hydrogens (tertiary/aromatic N) is 3. The molecule has 0 N–H and O–H groups in total. The second-order valence-corrected chi connectivity index (χ2v) is 6.47. The highest BCUT2D eigenvalue weighted by Gasteiger charge is 2.13. The van der Waals surface area contributed by atoms with Gasteiger partial charge < -0.3 is 0 Å². The van der Waals surface area contributed by atoms with E-state index in [1.165, 1.54) is 51.9 Å². The molecule has 2 aromatic carbocycles. The molecule has 2 aromatic rings. The van der Waals surface area contributed by atoms with Crippen molar-refractivity contribution in [2.75, 3.05) is 0 Å². The van der Waals surface area contributed by atoms with Crippen LogP contribution in [0, 0.1) is 30.3 Å². The Labute approximate surface area is 151 Å². The first-order valence-corrected chi connectivity index (χ1v) is 8.54. The summed E-state index contributed by atoms with van der Waals surface area (Å²) in [6.45, 7) is 0. The van der Waals surface area contributed by atoms with Gasteiger partial charge in [0.1, 0.15) is 5.75 Å². The fraction of sp³-hybridized carbons (Fsp3) is 0. The smallest absolute Gasteiger partial charge is 0.276 e. The molecular weight excluding hydrogens is 394 g/mol. The van der Waals surface area contributed by atoms with E-state index in [0.717, 1.165) is 0 Å². The van der Waals surface area contributed by atoms with Crippen molar-refractivity contribution in [3.63, 3.8) is 0 Å². The molecule has 0 fully saturated rings. The van der Waals surface area contributed by atoms with Crippen LogP contribution in [0.2, 0.25) is 0 Å². The minimum atomic E-state index is -1.11. The zero-order chi connectivity index (χ0) is 19.1. The van der Waals surface area contributed by atoms with Crippen molar-refractivity contribution in [1.29, 1.82) is 0 Å². The molecule has 0 heterocycles. The molecule has 2 rings (SSSR count). The Bertz CT molecular complexity index is 831. The van der Waals surface area contributed by atoms with Gasteiger partial charge in [0.05, 0.1) is 0 Å². The topological polar surface area (TPSA) is 157 Å². The largest absolute Gasteiger partial charge is 0.299 e. The lowest BCUT2D eigenvalue weighted by Crippen LogP contribution is -2.09. The van der Waals surface area contributed by atoms with Gasteiger partial charge in [-0.05, 0) is 42.5 Å². The highest BCUT2D eigenvalue weighted by atomic mass is 33.1. The van der Waals surface area contributed by atoms with Crippen LogP contribution >= 0.6 is 21.6 Å². The number of benzene rings is 2. The van der Waals surface area contributed by atoms with Crippen molar-refractivity contribution in [2.45, 2.75) is 9.79 Å². The van der Waals surface area contributed by atoms with Crippen LogP contribution in [0.4, 0.5) is 0 Å². The number of hydrogen-bond donors (Lipinski definition) is 0. The normalized spacial score (nSPS) is 10.0. The van der Waals surface area contributed by atoms with E-state index in [0.29, 0.717) is 9.79 Å². The molecule has 0 unspecified atom stereocenters. The molecule has 0 aromatic heterocycles. The zero-order valence-corrected chi connectivity index (χ0v) is 14.0. The van der Waals surface area contributed by atoms with E-state index < -0.39 is 26.8 Å². The monoisotopic (exact) mass is 401 g/mol. The van der Waals surface area contributed by atoms with Crippen LogP contribution in [-0.4, -0.2) is 15.3 Å². The molecule has 0 saturated heterocycles. The van der Waals surface area contributed by atoms with Gasteiger partial charge in [0.15, 0.2) is 11.5 Å². The minimum absolute atomic E-state index is 0.0623. The van der Waals surface area contributed by atoms with Crippen LogP contribution in [0.5, 0.6) is 17.2 Å². The van der Waals surface area contributed by atoms with E-state index in [2.05, 4.69) is 14.5 Å². The summed E-state index contributed by atoms with van der Waals surface area (Å²) >= 11 is 0. The van der Waals surface area contributed by atoms with Crippen molar-refractivity contribution in [3.8, 4) is 17.2 Å². The molecule has 0 saturated carbocycles. The summed E-state index contributed by atoms with van der Waals surface area (Å²) in [5, 5.41) is 28.0. The Morgan fingerprint density at radius 1 is 0.654 bits per heavy atom. The molecule has 14 heteroatoms. The van der Waals surface area contributed by atoms with Crippen molar-refractivity contribution < 1.29 is 29.8 Å². The lowest BCUT2D eigenvalue weighted by atomic mass is 10.3. The summed E-state index contributed by atoms with van der Waals surface area (Å²) in [7, 11) is 2.42. The second-order valence-electron chi connectivity index (χ2n) is 4.19. The minimum Gasteiger partial charge on any atom is -0.276 e. The molecule has 136 valence electrons. The molecule has 26 heavy (non-hydrogen) atoms. The molecule has 0 bridgehead atoms. The van der Waals surface area contributed by atoms with Gasteiger partial charge in [-0.2, -0.15) is 0 Å². The first-order chi connectivity index (χ1) is 12.3. The summed E-state index contributed by atoms with van der Waals surface area (Å²) in [5.41, 5.74) is 0. The van der Waals surface area contributed by atoms with Gasteiger partial charge in [-0.25, -0.2) is 0 Å². The van der Waals surface area contributed by atoms with E-state index in [1.807, 2.05) is 0 Å². The number of hydrogen-bond acceptors (Lipinski definition) is 11. The number of rotatable bonds is 9. The summed E-state index contributed by atoms with van der Waals surface area (Å²) in [4.78, 5) is 45.1. The zero-order valence-electron chi connectivity index (χ0n) is 12.4. The van der Waals surface area contributed by atoms with Gasteiger partial charge in [-0.3, -0.25) is 14.5 Å². The first-order valence-electron chi connectivity index (χ1n) is 6.39. The predicted octanol–water partition coefficient (Wildman–Crippen LogP) is 3.20. The van der Waals surface area contributed by atoms with Gasteiger partial charge in [0.25, 0.3) is 15.3 Å². The summed E-state index contributed by atoms with van der Waals surface area (Å²) in [5.74, 6) is -0.776. The third-order valence-corrected chi connectivity index (χ3v) is 4.90. The molecule has 12 nitrogen and oxygen atoms in total. The molecular formula is C12H7N3O9S2. The van der Waals surface area contributed by atoms with E-state index in [9.17, 15) is 30.3 Å². The summed E-state index contributed by atoms with van der Waals surface area (Å²) in [6.07, 6.45) is 0. The van der Waals surface area contributed by atoms with Crippen LogP contribution in [0.1, 0.15) is 0 Å². The average molecular weight is 401 g/mol. The maximum absolute atomic E-state index is 10.5. The molecule has 0 radical (unpaired) electrons.